The number of aryl methyl sites for hydroxylation is 1. The lowest BCUT2D eigenvalue weighted by molar-refractivity contribution is 0.0917. The molecule has 112 valence electrons. The molecule has 1 unspecified atom stereocenters. The van der Waals surface area contributed by atoms with Gasteiger partial charge in [-0.1, -0.05) is 35.9 Å². The summed E-state index contributed by atoms with van der Waals surface area (Å²) >= 11 is 1.60. The highest BCUT2D eigenvalue weighted by Crippen LogP contribution is 2.29. The number of hydrogen-bond acceptors (Lipinski definition) is 3. The van der Waals surface area contributed by atoms with Gasteiger partial charge >= 0.3 is 0 Å². The monoisotopic (exact) mass is 311 g/mol. The van der Waals surface area contributed by atoms with Crippen LogP contribution in [0.5, 0.6) is 0 Å². The number of aliphatic hydroxyl groups is 1. The van der Waals surface area contributed by atoms with E-state index in [-0.39, 0.29) is 12.5 Å². The van der Waals surface area contributed by atoms with Gasteiger partial charge in [0.2, 0.25) is 0 Å². The van der Waals surface area contributed by atoms with E-state index in [1.54, 1.807) is 23.5 Å². The summed E-state index contributed by atoms with van der Waals surface area (Å²) in [5.74, 6) is -0.168. The van der Waals surface area contributed by atoms with E-state index in [9.17, 15) is 9.90 Å². The molecule has 0 aliphatic heterocycles. The van der Waals surface area contributed by atoms with Crippen LogP contribution in [0.4, 0.5) is 0 Å². The zero-order chi connectivity index (χ0) is 15.5. The number of nitrogens with one attached hydrogen (secondary N) is 1. The van der Waals surface area contributed by atoms with Crippen LogP contribution in [0.1, 0.15) is 27.6 Å². The van der Waals surface area contributed by atoms with E-state index in [0.29, 0.717) is 5.56 Å². The number of amides is 1. The third-order valence-electron chi connectivity index (χ3n) is 3.64. The third kappa shape index (κ3) is 3.03. The highest BCUT2D eigenvalue weighted by Gasteiger charge is 2.14. The van der Waals surface area contributed by atoms with E-state index in [2.05, 4.69) is 5.32 Å². The van der Waals surface area contributed by atoms with Crippen molar-refractivity contribution in [2.45, 2.75) is 13.0 Å². The lowest BCUT2D eigenvalue weighted by atomic mass is 10.1. The molecule has 0 fully saturated rings. The first kappa shape index (κ1) is 14.8. The van der Waals surface area contributed by atoms with E-state index in [0.717, 1.165) is 21.2 Å². The SMILES string of the molecule is Cc1ccc(C(=O)NCC(O)c2csc3ccccc23)cc1. The minimum Gasteiger partial charge on any atom is -0.387 e. The van der Waals surface area contributed by atoms with Gasteiger partial charge in [0.25, 0.3) is 5.91 Å². The van der Waals surface area contributed by atoms with Crippen molar-refractivity contribution >= 4 is 27.3 Å². The molecule has 1 aromatic heterocycles. The number of fused-ring (bicyclic) bond motifs is 1. The molecule has 3 aromatic rings. The topological polar surface area (TPSA) is 49.3 Å². The van der Waals surface area contributed by atoms with Crippen LogP contribution in [0, 0.1) is 6.92 Å². The van der Waals surface area contributed by atoms with Gasteiger partial charge < -0.3 is 10.4 Å². The van der Waals surface area contributed by atoms with Crippen molar-refractivity contribution in [2.75, 3.05) is 6.54 Å². The van der Waals surface area contributed by atoms with Crippen molar-refractivity contribution in [3.8, 4) is 0 Å². The van der Waals surface area contributed by atoms with Gasteiger partial charge in [0.15, 0.2) is 0 Å². The van der Waals surface area contributed by atoms with Crippen LogP contribution in [-0.4, -0.2) is 17.6 Å². The zero-order valence-corrected chi connectivity index (χ0v) is 13.1. The molecule has 0 bridgehead atoms. The number of carbonyl (C=O) groups is 1. The Morgan fingerprint density at radius 2 is 1.91 bits per heavy atom. The third-order valence-corrected chi connectivity index (χ3v) is 4.62. The molecule has 1 amide bonds. The second-order valence-electron chi connectivity index (χ2n) is 5.28. The van der Waals surface area contributed by atoms with Crippen LogP contribution < -0.4 is 5.32 Å². The van der Waals surface area contributed by atoms with Crippen LogP contribution in [0.2, 0.25) is 0 Å². The Morgan fingerprint density at radius 1 is 1.18 bits per heavy atom. The predicted molar refractivity (Wildman–Crippen MR) is 90.3 cm³/mol. The first-order valence-corrected chi connectivity index (χ1v) is 8.02. The first-order chi connectivity index (χ1) is 10.6. The van der Waals surface area contributed by atoms with Gasteiger partial charge in [-0.05, 0) is 35.9 Å². The quantitative estimate of drug-likeness (QED) is 0.772. The van der Waals surface area contributed by atoms with E-state index in [4.69, 9.17) is 0 Å². The van der Waals surface area contributed by atoms with Gasteiger partial charge in [0.1, 0.15) is 0 Å². The van der Waals surface area contributed by atoms with Crippen molar-refractivity contribution in [1.82, 2.24) is 5.32 Å². The average Bonchev–Trinajstić information content (AvgIpc) is 2.97. The van der Waals surface area contributed by atoms with Crippen molar-refractivity contribution in [3.63, 3.8) is 0 Å². The smallest absolute Gasteiger partial charge is 0.251 e. The normalized spacial score (nSPS) is 12.3. The largest absolute Gasteiger partial charge is 0.387 e. The molecule has 1 heterocycles. The standard InChI is InChI=1S/C18H17NO2S/c1-12-6-8-13(9-7-12)18(21)19-10-16(20)15-11-22-17-5-3-2-4-14(15)17/h2-9,11,16,20H,10H2,1H3,(H,19,21). The highest BCUT2D eigenvalue weighted by molar-refractivity contribution is 7.17. The minimum absolute atomic E-state index is 0.168. The van der Waals surface area contributed by atoms with Crippen LogP contribution >= 0.6 is 11.3 Å². The van der Waals surface area contributed by atoms with E-state index < -0.39 is 6.10 Å². The predicted octanol–water partition coefficient (Wildman–Crippen LogP) is 3.67. The van der Waals surface area contributed by atoms with Gasteiger partial charge in [0, 0.05) is 22.4 Å². The molecule has 2 N–H and O–H groups in total. The second kappa shape index (κ2) is 6.30. The molecular formula is C18H17NO2S. The molecule has 3 rings (SSSR count). The molecule has 2 aromatic carbocycles. The van der Waals surface area contributed by atoms with Gasteiger partial charge in [0.05, 0.1) is 6.10 Å². The maximum absolute atomic E-state index is 12.1. The second-order valence-corrected chi connectivity index (χ2v) is 6.19. The van der Waals surface area contributed by atoms with Crippen molar-refractivity contribution < 1.29 is 9.90 Å². The fraction of sp³-hybridized carbons (Fsp3) is 0.167. The molecule has 0 saturated carbocycles. The summed E-state index contributed by atoms with van der Waals surface area (Å²) in [6, 6.07) is 15.3. The Bertz CT molecular complexity index is 792. The summed E-state index contributed by atoms with van der Waals surface area (Å²) in [5.41, 5.74) is 2.58. The molecule has 0 spiro atoms. The Kier molecular flexibility index (Phi) is 4.22. The Labute approximate surface area is 133 Å². The summed E-state index contributed by atoms with van der Waals surface area (Å²) in [7, 11) is 0. The average molecular weight is 311 g/mol. The zero-order valence-electron chi connectivity index (χ0n) is 12.2. The minimum atomic E-state index is -0.703. The molecular weight excluding hydrogens is 294 g/mol. The van der Waals surface area contributed by atoms with Crippen molar-refractivity contribution in [1.29, 1.82) is 0 Å². The molecule has 0 aliphatic carbocycles. The summed E-state index contributed by atoms with van der Waals surface area (Å²) < 4.78 is 1.14. The molecule has 0 aliphatic rings. The number of thiophene rings is 1. The van der Waals surface area contributed by atoms with Crippen LogP contribution in [0.15, 0.2) is 53.9 Å². The lowest BCUT2D eigenvalue weighted by Crippen LogP contribution is -2.28. The number of rotatable bonds is 4. The lowest BCUT2D eigenvalue weighted by Gasteiger charge is -2.11. The fourth-order valence-electron chi connectivity index (χ4n) is 2.36. The first-order valence-electron chi connectivity index (χ1n) is 7.14. The molecule has 0 saturated heterocycles. The van der Waals surface area contributed by atoms with Gasteiger partial charge in [-0.15, -0.1) is 11.3 Å². The Hall–Kier alpha value is -2.17. The fourth-order valence-corrected chi connectivity index (χ4v) is 3.37. The summed E-state index contributed by atoms with van der Waals surface area (Å²) in [6.07, 6.45) is -0.703. The highest BCUT2D eigenvalue weighted by atomic mass is 32.1. The van der Waals surface area contributed by atoms with E-state index >= 15 is 0 Å². The number of carbonyl (C=O) groups excluding carboxylic acids is 1. The van der Waals surface area contributed by atoms with Crippen LogP contribution in [0.25, 0.3) is 10.1 Å². The molecule has 22 heavy (non-hydrogen) atoms. The summed E-state index contributed by atoms with van der Waals surface area (Å²) in [6.45, 7) is 2.18. The van der Waals surface area contributed by atoms with Gasteiger partial charge in [-0.3, -0.25) is 4.79 Å². The van der Waals surface area contributed by atoms with Crippen LogP contribution in [0.3, 0.4) is 0 Å². The van der Waals surface area contributed by atoms with Crippen molar-refractivity contribution in [3.05, 3.63) is 70.6 Å². The molecule has 0 radical (unpaired) electrons. The van der Waals surface area contributed by atoms with Gasteiger partial charge in [-0.25, -0.2) is 0 Å². The van der Waals surface area contributed by atoms with Gasteiger partial charge in [-0.2, -0.15) is 0 Å². The number of aliphatic hydroxyl groups excluding tert-OH is 1. The summed E-state index contributed by atoms with van der Waals surface area (Å²) in [5, 5.41) is 16.1. The molecule has 1 atom stereocenters. The maximum Gasteiger partial charge on any atom is 0.251 e. The van der Waals surface area contributed by atoms with Crippen LogP contribution in [-0.2, 0) is 0 Å². The van der Waals surface area contributed by atoms with E-state index in [1.807, 2.05) is 48.7 Å². The number of benzene rings is 2. The Morgan fingerprint density at radius 3 is 2.68 bits per heavy atom. The number of hydrogen-bond donors (Lipinski definition) is 2. The summed E-state index contributed by atoms with van der Waals surface area (Å²) in [4.78, 5) is 12.1. The molecule has 4 heteroatoms. The van der Waals surface area contributed by atoms with Crippen molar-refractivity contribution in [2.24, 2.45) is 0 Å². The Balaban J connectivity index is 1.68. The van der Waals surface area contributed by atoms with E-state index in [1.165, 1.54) is 0 Å². The molecule has 3 nitrogen and oxygen atoms in total. The maximum atomic E-state index is 12.1.